The van der Waals surface area contributed by atoms with Crippen LogP contribution in [0.2, 0.25) is 0 Å². The van der Waals surface area contributed by atoms with Crippen LogP contribution in [0.1, 0.15) is 61.9 Å². The van der Waals surface area contributed by atoms with Crippen LogP contribution in [0.25, 0.3) is 6.08 Å². The third-order valence-corrected chi connectivity index (χ3v) is 5.67. The first-order valence-electron chi connectivity index (χ1n) is 12.0. The lowest BCUT2D eigenvalue weighted by Gasteiger charge is -2.22. The predicted octanol–water partition coefficient (Wildman–Crippen LogP) is 5.05. The van der Waals surface area contributed by atoms with E-state index in [0.29, 0.717) is 36.8 Å². The number of rotatable bonds is 11. The Morgan fingerprint density at radius 2 is 1.91 bits per heavy atom. The fourth-order valence-electron chi connectivity index (χ4n) is 3.90. The lowest BCUT2D eigenvalue weighted by Crippen LogP contribution is -2.26. The minimum absolute atomic E-state index is 0.0263. The van der Waals surface area contributed by atoms with Gasteiger partial charge in [-0.15, -0.1) is 0 Å². The molecule has 1 aromatic carbocycles. The van der Waals surface area contributed by atoms with E-state index in [4.69, 9.17) is 14.2 Å². The summed E-state index contributed by atoms with van der Waals surface area (Å²) in [6.45, 7) is 5.39. The molecule has 0 aliphatic carbocycles. The van der Waals surface area contributed by atoms with Gasteiger partial charge < -0.3 is 19.3 Å². The summed E-state index contributed by atoms with van der Waals surface area (Å²) in [4.78, 5) is 16.5. The Morgan fingerprint density at radius 3 is 2.58 bits per heavy atom. The highest BCUT2D eigenvalue weighted by molar-refractivity contribution is 5.87. The molecule has 0 saturated carbocycles. The molecule has 2 aromatic rings. The average molecular weight is 454 g/mol. The highest BCUT2D eigenvalue weighted by atomic mass is 16.5. The van der Waals surface area contributed by atoms with Gasteiger partial charge in [-0.1, -0.05) is 37.6 Å². The molecule has 0 radical (unpaired) electrons. The Hall–Kier alpha value is -2.86. The molecule has 3 rings (SSSR count). The Kier molecular flexibility index (Phi) is 9.76. The molecular weight excluding hydrogens is 418 g/mol. The van der Waals surface area contributed by atoms with Gasteiger partial charge in [0.1, 0.15) is 12.4 Å². The maximum absolute atomic E-state index is 11.8. The van der Waals surface area contributed by atoms with Gasteiger partial charge in [0.15, 0.2) is 0 Å². The molecule has 0 bridgehead atoms. The number of nitrogens with zero attached hydrogens (tertiary/aromatic N) is 1. The molecule has 1 aromatic heterocycles. The molecule has 2 heterocycles. The van der Waals surface area contributed by atoms with Crippen LogP contribution in [0.3, 0.4) is 0 Å². The first kappa shape index (κ1) is 24.8. The zero-order chi connectivity index (χ0) is 23.5. The van der Waals surface area contributed by atoms with Gasteiger partial charge in [0.2, 0.25) is 5.88 Å². The first-order valence-corrected chi connectivity index (χ1v) is 12.0. The van der Waals surface area contributed by atoms with Crippen LogP contribution in [0.15, 0.2) is 36.4 Å². The van der Waals surface area contributed by atoms with Crippen molar-refractivity contribution in [2.75, 3.05) is 19.8 Å². The standard InChI is InChI=1S/C27H35NO5/c1-3-7-20-9-11-21(12-10-20)13-15-24-23(14-16-27(30)31-4-2)25(29)18-26(28-24)33-19-22-8-5-6-17-32-22/h9-12,14,16,18,22H,3-8,13,15,17,19H2,1-2H3,(H,28,29)/b16-14+. The quantitative estimate of drug-likeness (QED) is 0.379. The first-order chi connectivity index (χ1) is 16.1. The van der Waals surface area contributed by atoms with E-state index in [1.807, 2.05) is 0 Å². The molecule has 6 nitrogen and oxygen atoms in total. The van der Waals surface area contributed by atoms with Gasteiger partial charge in [0.25, 0.3) is 0 Å². The Labute approximate surface area is 196 Å². The third-order valence-electron chi connectivity index (χ3n) is 5.67. The van der Waals surface area contributed by atoms with E-state index in [0.717, 1.165) is 45.1 Å². The summed E-state index contributed by atoms with van der Waals surface area (Å²) in [5.41, 5.74) is 3.70. The molecule has 178 valence electrons. The summed E-state index contributed by atoms with van der Waals surface area (Å²) in [5, 5.41) is 10.7. The van der Waals surface area contributed by atoms with E-state index in [1.54, 1.807) is 13.0 Å². The largest absolute Gasteiger partial charge is 0.507 e. The van der Waals surface area contributed by atoms with Gasteiger partial charge in [0.05, 0.1) is 18.4 Å². The van der Waals surface area contributed by atoms with E-state index in [2.05, 4.69) is 36.2 Å². The van der Waals surface area contributed by atoms with Crippen molar-refractivity contribution in [3.8, 4) is 11.6 Å². The number of aromatic nitrogens is 1. The van der Waals surface area contributed by atoms with Crippen molar-refractivity contribution >= 4 is 12.0 Å². The number of aryl methyl sites for hydroxylation is 3. The molecule has 1 unspecified atom stereocenters. The molecule has 33 heavy (non-hydrogen) atoms. The third kappa shape index (κ3) is 7.90. The van der Waals surface area contributed by atoms with Gasteiger partial charge in [-0.25, -0.2) is 9.78 Å². The highest BCUT2D eigenvalue weighted by Crippen LogP contribution is 2.28. The molecule has 6 heteroatoms. The van der Waals surface area contributed by atoms with Gasteiger partial charge in [-0.05, 0) is 62.7 Å². The number of benzene rings is 1. The number of hydrogen-bond donors (Lipinski definition) is 1. The Balaban J connectivity index is 1.76. The van der Waals surface area contributed by atoms with Crippen LogP contribution >= 0.6 is 0 Å². The van der Waals surface area contributed by atoms with Gasteiger partial charge in [0, 0.05) is 24.3 Å². The molecule has 1 atom stereocenters. The van der Waals surface area contributed by atoms with Crippen LogP contribution in [-0.2, 0) is 33.5 Å². The van der Waals surface area contributed by atoms with Crippen LogP contribution in [0, 0.1) is 0 Å². The molecule has 1 saturated heterocycles. The second kappa shape index (κ2) is 13.0. The fraction of sp³-hybridized carbons (Fsp3) is 0.481. The molecule has 0 spiro atoms. The zero-order valence-electron chi connectivity index (χ0n) is 19.7. The number of hydrogen-bond acceptors (Lipinski definition) is 6. The lowest BCUT2D eigenvalue weighted by atomic mass is 10.0. The van der Waals surface area contributed by atoms with E-state index in [-0.39, 0.29) is 11.9 Å². The Bertz CT molecular complexity index is 917. The lowest BCUT2D eigenvalue weighted by molar-refractivity contribution is -0.137. The van der Waals surface area contributed by atoms with Crippen LogP contribution in [-0.4, -0.2) is 42.0 Å². The normalized spacial score (nSPS) is 16.1. The zero-order valence-corrected chi connectivity index (χ0v) is 19.7. The van der Waals surface area contributed by atoms with E-state index >= 15 is 0 Å². The topological polar surface area (TPSA) is 77.9 Å². The van der Waals surface area contributed by atoms with Crippen molar-refractivity contribution in [2.45, 2.75) is 64.9 Å². The predicted molar refractivity (Wildman–Crippen MR) is 128 cm³/mol. The van der Waals surface area contributed by atoms with E-state index < -0.39 is 5.97 Å². The minimum Gasteiger partial charge on any atom is -0.507 e. The SMILES string of the molecule is CCCc1ccc(CCc2nc(OCC3CCCCO3)cc(O)c2/C=C/C(=O)OCC)cc1. The number of carbonyl (C=O) groups is 1. The minimum atomic E-state index is -0.455. The molecule has 1 fully saturated rings. The summed E-state index contributed by atoms with van der Waals surface area (Å²) in [6.07, 6.45) is 9.67. The Morgan fingerprint density at radius 1 is 1.15 bits per heavy atom. The number of aromatic hydroxyl groups is 1. The summed E-state index contributed by atoms with van der Waals surface area (Å²) >= 11 is 0. The smallest absolute Gasteiger partial charge is 0.330 e. The number of ether oxygens (including phenoxy) is 3. The van der Waals surface area contributed by atoms with Gasteiger partial charge in [-0.3, -0.25) is 0 Å². The van der Waals surface area contributed by atoms with Crippen molar-refractivity contribution in [2.24, 2.45) is 0 Å². The second-order valence-corrected chi connectivity index (χ2v) is 8.29. The number of esters is 1. The summed E-state index contributed by atoms with van der Waals surface area (Å²) in [7, 11) is 0. The molecule has 0 amide bonds. The monoisotopic (exact) mass is 453 g/mol. The van der Waals surface area contributed by atoms with Crippen molar-refractivity contribution in [3.63, 3.8) is 0 Å². The van der Waals surface area contributed by atoms with Crippen LogP contribution < -0.4 is 4.74 Å². The highest BCUT2D eigenvalue weighted by Gasteiger charge is 2.17. The van der Waals surface area contributed by atoms with Crippen molar-refractivity contribution in [1.29, 1.82) is 0 Å². The summed E-state index contributed by atoms with van der Waals surface area (Å²) < 4.78 is 16.6. The average Bonchev–Trinajstić information content (AvgIpc) is 2.82. The molecule has 1 aliphatic rings. The van der Waals surface area contributed by atoms with Crippen molar-refractivity contribution in [3.05, 3.63) is 58.8 Å². The second-order valence-electron chi connectivity index (χ2n) is 8.29. The fourth-order valence-corrected chi connectivity index (χ4v) is 3.90. The van der Waals surface area contributed by atoms with Gasteiger partial charge in [-0.2, -0.15) is 0 Å². The van der Waals surface area contributed by atoms with Gasteiger partial charge >= 0.3 is 5.97 Å². The van der Waals surface area contributed by atoms with Crippen LogP contribution in [0.4, 0.5) is 0 Å². The van der Waals surface area contributed by atoms with E-state index in [9.17, 15) is 9.90 Å². The maximum Gasteiger partial charge on any atom is 0.330 e. The van der Waals surface area contributed by atoms with Crippen molar-refractivity contribution < 1.29 is 24.1 Å². The number of carbonyl (C=O) groups excluding carboxylic acids is 1. The maximum atomic E-state index is 11.8. The molecule has 1 aliphatic heterocycles. The summed E-state index contributed by atoms with van der Waals surface area (Å²) in [6, 6.07) is 10.1. The summed E-state index contributed by atoms with van der Waals surface area (Å²) in [5.74, 6) is -0.0641. The molecular formula is C27H35NO5. The molecule has 1 N–H and O–H groups in total. The van der Waals surface area contributed by atoms with Crippen molar-refractivity contribution in [1.82, 2.24) is 4.98 Å². The number of pyridine rings is 1. The van der Waals surface area contributed by atoms with Crippen LogP contribution in [0.5, 0.6) is 11.6 Å². The van der Waals surface area contributed by atoms with E-state index in [1.165, 1.54) is 23.3 Å².